The van der Waals surface area contributed by atoms with E-state index < -0.39 is 35.8 Å². The van der Waals surface area contributed by atoms with E-state index in [9.17, 15) is 19.2 Å². The molecule has 0 spiro atoms. The van der Waals surface area contributed by atoms with E-state index in [4.69, 9.17) is 5.26 Å². The van der Waals surface area contributed by atoms with Crippen LogP contribution in [0.3, 0.4) is 0 Å². The van der Waals surface area contributed by atoms with Gasteiger partial charge in [0.05, 0.1) is 6.07 Å². The van der Waals surface area contributed by atoms with E-state index in [0.29, 0.717) is 22.6 Å². The van der Waals surface area contributed by atoms with Crippen molar-refractivity contribution in [3.63, 3.8) is 0 Å². The molecule has 0 aromatic rings. The van der Waals surface area contributed by atoms with Crippen molar-refractivity contribution in [2.24, 2.45) is 0 Å². The summed E-state index contributed by atoms with van der Waals surface area (Å²) in [6.07, 6.45) is 2.79. The van der Waals surface area contributed by atoms with Crippen LogP contribution < -0.4 is 5.32 Å². The predicted molar refractivity (Wildman–Crippen MR) is 64.8 cm³/mol. The largest absolute Gasteiger partial charge is 0.336 e. The number of amides is 5. The van der Waals surface area contributed by atoms with Crippen molar-refractivity contribution in [2.45, 2.75) is 31.2 Å². The van der Waals surface area contributed by atoms with Crippen LogP contribution in [0.2, 0.25) is 0 Å². The molecule has 0 atom stereocenters. The molecule has 1 N–H and O–H groups in total. The summed E-state index contributed by atoms with van der Waals surface area (Å²) in [5.41, 5.74) is -0.918. The molecule has 2 aliphatic rings. The highest BCUT2D eigenvalue weighted by atomic mass is 16.2. The van der Waals surface area contributed by atoms with Crippen molar-refractivity contribution in [2.75, 3.05) is 13.6 Å². The summed E-state index contributed by atoms with van der Waals surface area (Å²) < 4.78 is 0. The first kappa shape index (κ1) is 14.0. The maximum absolute atomic E-state index is 11.9. The van der Waals surface area contributed by atoms with Crippen LogP contribution in [0.25, 0.3) is 0 Å². The Kier molecular flexibility index (Phi) is 3.44. The first-order valence-corrected chi connectivity index (χ1v) is 6.26. The molecule has 1 aliphatic carbocycles. The summed E-state index contributed by atoms with van der Waals surface area (Å²) in [5, 5.41) is 11.7. The monoisotopic (exact) mass is 278 g/mol. The number of carbonyl (C=O) groups is 4. The van der Waals surface area contributed by atoms with Gasteiger partial charge >= 0.3 is 17.8 Å². The highest BCUT2D eigenvalue weighted by Gasteiger charge is 2.44. The van der Waals surface area contributed by atoms with Gasteiger partial charge in [-0.1, -0.05) is 0 Å². The molecule has 1 heterocycles. The number of hydrogen-bond donors (Lipinski definition) is 1. The molecule has 106 valence electrons. The lowest BCUT2D eigenvalue weighted by Gasteiger charge is -2.23. The van der Waals surface area contributed by atoms with E-state index >= 15 is 0 Å². The summed E-state index contributed by atoms with van der Waals surface area (Å²) >= 11 is 0. The SMILES string of the molecule is CN1C(=O)C(=O)N(CC(=O)NC2(C#N)CCCC2)C1=O. The molecule has 1 saturated carbocycles. The van der Waals surface area contributed by atoms with E-state index in [-0.39, 0.29) is 0 Å². The summed E-state index contributed by atoms with van der Waals surface area (Å²) in [6, 6.07) is 1.25. The third kappa shape index (κ3) is 2.22. The second-order valence-corrected chi connectivity index (χ2v) is 4.99. The molecular weight excluding hydrogens is 264 g/mol. The van der Waals surface area contributed by atoms with Gasteiger partial charge in [-0.3, -0.25) is 19.3 Å². The van der Waals surface area contributed by atoms with Crippen LogP contribution in [0.5, 0.6) is 0 Å². The van der Waals surface area contributed by atoms with Crippen LogP contribution in [0.15, 0.2) is 0 Å². The van der Waals surface area contributed by atoms with Crippen LogP contribution in [0.1, 0.15) is 25.7 Å². The molecule has 0 aromatic carbocycles. The summed E-state index contributed by atoms with van der Waals surface area (Å²) in [6.45, 7) is -0.544. The molecule has 8 nitrogen and oxygen atoms in total. The van der Waals surface area contributed by atoms with E-state index in [0.717, 1.165) is 12.8 Å². The predicted octanol–water partition coefficient (Wildman–Crippen LogP) is -0.640. The molecule has 0 unspecified atom stereocenters. The van der Waals surface area contributed by atoms with Gasteiger partial charge in [0.15, 0.2) is 0 Å². The third-order valence-electron chi connectivity index (χ3n) is 3.60. The standard InChI is InChI=1S/C12H14N4O4/c1-15-9(18)10(19)16(11(15)20)6-8(17)14-12(7-13)4-2-3-5-12/h2-6H2,1H3,(H,14,17). The molecule has 5 amide bonds. The van der Waals surface area contributed by atoms with Crippen molar-refractivity contribution in [1.82, 2.24) is 15.1 Å². The fourth-order valence-corrected chi connectivity index (χ4v) is 2.45. The van der Waals surface area contributed by atoms with Gasteiger partial charge in [-0.05, 0) is 25.7 Å². The van der Waals surface area contributed by atoms with E-state index in [1.165, 1.54) is 7.05 Å². The molecular formula is C12H14N4O4. The molecule has 0 aromatic heterocycles. The molecule has 1 saturated heterocycles. The molecule has 0 radical (unpaired) electrons. The van der Waals surface area contributed by atoms with Gasteiger partial charge in [-0.2, -0.15) is 5.26 Å². The van der Waals surface area contributed by atoms with Crippen molar-refractivity contribution >= 4 is 23.8 Å². The van der Waals surface area contributed by atoms with Crippen LogP contribution >= 0.6 is 0 Å². The van der Waals surface area contributed by atoms with Gasteiger partial charge in [0.1, 0.15) is 12.1 Å². The highest BCUT2D eigenvalue weighted by Crippen LogP contribution is 2.28. The highest BCUT2D eigenvalue weighted by molar-refractivity contribution is 6.44. The van der Waals surface area contributed by atoms with Gasteiger partial charge in [0, 0.05) is 7.05 Å². The second kappa shape index (κ2) is 4.92. The molecule has 1 aliphatic heterocycles. The molecule has 0 bridgehead atoms. The Morgan fingerprint density at radius 2 is 1.90 bits per heavy atom. The second-order valence-electron chi connectivity index (χ2n) is 4.99. The minimum atomic E-state index is -1.02. The topological polar surface area (TPSA) is 111 Å². The van der Waals surface area contributed by atoms with Gasteiger partial charge in [0.2, 0.25) is 5.91 Å². The average Bonchev–Trinajstić information content (AvgIpc) is 2.96. The van der Waals surface area contributed by atoms with E-state index in [2.05, 4.69) is 11.4 Å². The minimum Gasteiger partial charge on any atom is -0.336 e. The zero-order valence-corrected chi connectivity index (χ0v) is 11.0. The van der Waals surface area contributed by atoms with Gasteiger partial charge in [-0.25, -0.2) is 9.69 Å². The molecule has 2 fully saturated rings. The van der Waals surface area contributed by atoms with Crippen molar-refractivity contribution in [1.29, 1.82) is 5.26 Å². The minimum absolute atomic E-state index is 0.544. The number of imide groups is 2. The Hall–Kier alpha value is -2.43. The van der Waals surface area contributed by atoms with Crippen LogP contribution in [-0.2, 0) is 14.4 Å². The number of hydrogen-bond acceptors (Lipinski definition) is 5. The Labute approximate surface area is 115 Å². The number of likely N-dealkylation sites (N-methyl/N-ethyl adjacent to an activating group) is 1. The summed E-state index contributed by atoms with van der Waals surface area (Å²) in [4.78, 5) is 47.6. The Balaban J connectivity index is 2.02. The number of rotatable bonds is 3. The molecule has 2 rings (SSSR count). The summed E-state index contributed by atoms with van der Waals surface area (Å²) in [5.74, 6) is -2.60. The van der Waals surface area contributed by atoms with Crippen molar-refractivity contribution < 1.29 is 19.2 Å². The third-order valence-corrected chi connectivity index (χ3v) is 3.60. The fraction of sp³-hybridized carbons (Fsp3) is 0.583. The van der Waals surface area contributed by atoms with Gasteiger partial charge in [0.25, 0.3) is 0 Å². The van der Waals surface area contributed by atoms with E-state index in [1.54, 1.807) is 0 Å². The maximum Gasteiger partial charge on any atom is 0.334 e. The van der Waals surface area contributed by atoms with Gasteiger partial charge in [-0.15, -0.1) is 0 Å². The van der Waals surface area contributed by atoms with Crippen LogP contribution in [0.4, 0.5) is 4.79 Å². The lowest BCUT2D eigenvalue weighted by molar-refractivity contribution is -0.143. The first-order chi connectivity index (χ1) is 9.40. The maximum atomic E-state index is 11.9. The number of urea groups is 1. The zero-order valence-electron chi connectivity index (χ0n) is 11.0. The van der Waals surface area contributed by atoms with Crippen molar-refractivity contribution in [3.05, 3.63) is 0 Å². The normalized spacial score (nSPS) is 21.3. The number of carbonyl (C=O) groups excluding carboxylic acids is 4. The lowest BCUT2D eigenvalue weighted by atomic mass is 10.00. The first-order valence-electron chi connectivity index (χ1n) is 6.26. The quantitative estimate of drug-likeness (QED) is 0.545. The Morgan fingerprint density at radius 3 is 2.35 bits per heavy atom. The Bertz CT molecular complexity index is 530. The van der Waals surface area contributed by atoms with Crippen LogP contribution in [-0.4, -0.2) is 52.7 Å². The fourth-order valence-electron chi connectivity index (χ4n) is 2.45. The van der Waals surface area contributed by atoms with Crippen LogP contribution in [0, 0.1) is 11.3 Å². The molecule has 8 heteroatoms. The van der Waals surface area contributed by atoms with Gasteiger partial charge < -0.3 is 5.32 Å². The lowest BCUT2D eigenvalue weighted by Crippen LogP contribution is -2.50. The summed E-state index contributed by atoms with van der Waals surface area (Å²) in [7, 11) is 1.17. The van der Waals surface area contributed by atoms with Crippen molar-refractivity contribution in [3.8, 4) is 6.07 Å². The zero-order chi connectivity index (χ0) is 14.9. The molecule has 20 heavy (non-hydrogen) atoms. The van der Waals surface area contributed by atoms with E-state index in [1.807, 2.05) is 0 Å². The number of nitrogens with one attached hydrogen (secondary N) is 1. The number of nitrogens with zero attached hydrogens (tertiary/aromatic N) is 3. The smallest absolute Gasteiger partial charge is 0.334 e. The Morgan fingerprint density at radius 1 is 1.30 bits per heavy atom. The average molecular weight is 278 g/mol. The number of nitriles is 1.